The van der Waals surface area contributed by atoms with Crippen molar-refractivity contribution in [3.63, 3.8) is 0 Å². The summed E-state index contributed by atoms with van der Waals surface area (Å²) in [5.74, 6) is 0.702. The molecular formula is C17H22N2O4. The standard InChI is InChI=1S/C17H22N2O4/c20-16-9-15-14(19(16)10-12-2-6-22-7-3-12)1-5-18(15)17(21)13-4-8-23-11-13/h4,8,11-12,14-15H,1-3,5-7,9-10H2/t14-,15+/m0/s1. The maximum absolute atomic E-state index is 12.6. The predicted octanol–water partition coefficient (Wildman–Crippen LogP) is 1.52. The number of carbonyl (C=O) groups is 2. The Morgan fingerprint density at radius 2 is 2.04 bits per heavy atom. The summed E-state index contributed by atoms with van der Waals surface area (Å²) >= 11 is 0. The molecule has 0 aromatic carbocycles. The lowest BCUT2D eigenvalue weighted by Gasteiger charge is -2.30. The molecule has 3 fully saturated rings. The maximum atomic E-state index is 12.6. The highest BCUT2D eigenvalue weighted by Crippen LogP contribution is 2.34. The smallest absolute Gasteiger partial charge is 0.257 e. The van der Waals surface area contributed by atoms with Crippen molar-refractivity contribution in [1.82, 2.24) is 9.80 Å². The Bertz CT molecular complexity index is 579. The van der Waals surface area contributed by atoms with Crippen LogP contribution in [-0.2, 0) is 9.53 Å². The number of fused-ring (bicyclic) bond motifs is 1. The molecule has 0 saturated carbocycles. The molecule has 6 heteroatoms. The zero-order chi connectivity index (χ0) is 15.8. The van der Waals surface area contributed by atoms with Crippen molar-refractivity contribution in [2.75, 3.05) is 26.3 Å². The van der Waals surface area contributed by atoms with Crippen LogP contribution in [-0.4, -0.2) is 60.0 Å². The van der Waals surface area contributed by atoms with Crippen LogP contribution in [0, 0.1) is 5.92 Å². The zero-order valence-corrected chi connectivity index (χ0v) is 13.1. The van der Waals surface area contributed by atoms with Crippen LogP contribution in [0.25, 0.3) is 0 Å². The molecule has 1 aromatic rings. The van der Waals surface area contributed by atoms with Gasteiger partial charge in [-0.15, -0.1) is 0 Å². The van der Waals surface area contributed by atoms with E-state index in [4.69, 9.17) is 9.15 Å². The first kappa shape index (κ1) is 14.8. The van der Waals surface area contributed by atoms with E-state index in [2.05, 4.69) is 0 Å². The van der Waals surface area contributed by atoms with Crippen LogP contribution >= 0.6 is 0 Å². The molecule has 4 heterocycles. The van der Waals surface area contributed by atoms with Gasteiger partial charge in [-0.25, -0.2) is 0 Å². The number of ether oxygens (including phenoxy) is 1. The second-order valence-electron chi connectivity index (χ2n) is 6.74. The minimum atomic E-state index is -0.0213. The van der Waals surface area contributed by atoms with E-state index in [1.165, 1.54) is 12.5 Å². The molecule has 2 amide bonds. The highest BCUT2D eigenvalue weighted by atomic mass is 16.5. The van der Waals surface area contributed by atoms with Crippen molar-refractivity contribution in [2.24, 2.45) is 5.92 Å². The number of hydrogen-bond donors (Lipinski definition) is 0. The minimum absolute atomic E-state index is 0.0183. The van der Waals surface area contributed by atoms with Crippen molar-refractivity contribution >= 4 is 11.8 Å². The first-order valence-corrected chi connectivity index (χ1v) is 8.44. The molecule has 0 aliphatic carbocycles. The molecule has 0 bridgehead atoms. The molecule has 0 radical (unpaired) electrons. The van der Waals surface area contributed by atoms with E-state index in [-0.39, 0.29) is 23.9 Å². The number of amides is 2. The summed E-state index contributed by atoms with van der Waals surface area (Å²) in [6.45, 7) is 3.13. The van der Waals surface area contributed by atoms with E-state index < -0.39 is 0 Å². The highest BCUT2D eigenvalue weighted by molar-refractivity contribution is 5.95. The van der Waals surface area contributed by atoms with Crippen LogP contribution in [0.3, 0.4) is 0 Å². The number of furan rings is 1. The average Bonchev–Trinajstić information content (AvgIpc) is 3.27. The normalized spacial score (nSPS) is 28.4. The lowest BCUT2D eigenvalue weighted by atomic mass is 9.99. The van der Waals surface area contributed by atoms with E-state index in [9.17, 15) is 9.59 Å². The molecule has 1 aromatic heterocycles. The van der Waals surface area contributed by atoms with Crippen molar-refractivity contribution in [1.29, 1.82) is 0 Å². The summed E-state index contributed by atoms with van der Waals surface area (Å²) in [7, 11) is 0. The summed E-state index contributed by atoms with van der Waals surface area (Å²) < 4.78 is 10.4. The molecule has 3 aliphatic heterocycles. The Morgan fingerprint density at radius 3 is 2.78 bits per heavy atom. The number of nitrogens with zero attached hydrogens (tertiary/aromatic N) is 2. The monoisotopic (exact) mass is 318 g/mol. The Balaban J connectivity index is 1.45. The number of hydrogen-bond acceptors (Lipinski definition) is 4. The predicted molar refractivity (Wildman–Crippen MR) is 81.8 cm³/mol. The number of rotatable bonds is 3. The summed E-state index contributed by atoms with van der Waals surface area (Å²) in [6, 6.07) is 1.89. The lowest BCUT2D eigenvalue weighted by Crippen LogP contribution is -2.42. The van der Waals surface area contributed by atoms with Gasteiger partial charge in [0.25, 0.3) is 5.91 Å². The Labute approximate surface area is 135 Å². The third-order valence-electron chi connectivity index (χ3n) is 5.44. The van der Waals surface area contributed by atoms with E-state index in [0.717, 1.165) is 45.6 Å². The van der Waals surface area contributed by atoms with Crippen molar-refractivity contribution in [3.05, 3.63) is 24.2 Å². The van der Waals surface area contributed by atoms with Crippen LogP contribution in [0.15, 0.2) is 23.0 Å². The topological polar surface area (TPSA) is 63.0 Å². The second kappa shape index (κ2) is 6.00. The fourth-order valence-electron chi connectivity index (χ4n) is 4.18. The highest BCUT2D eigenvalue weighted by Gasteiger charge is 2.48. The van der Waals surface area contributed by atoms with Gasteiger partial charge in [-0.2, -0.15) is 0 Å². The van der Waals surface area contributed by atoms with Crippen molar-refractivity contribution in [3.8, 4) is 0 Å². The molecule has 6 nitrogen and oxygen atoms in total. The van der Waals surface area contributed by atoms with Crippen LogP contribution in [0.5, 0.6) is 0 Å². The van der Waals surface area contributed by atoms with Crippen LogP contribution in [0.2, 0.25) is 0 Å². The lowest BCUT2D eigenvalue weighted by molar-refractivity contribution is -0.130. The van der Waals surface area contributed by atoms with Crippen LogP contribution in [0.4, 0.5) is 0 Å². The van der Waals surface area contributed by atoms with Gasteiger partial charge in [0.15, 0.2) is 0 Å². The van der Waals surface area contributed by atoms with Gasteiger partial charge in [0.2, 0.25) is 5.91 Å². The third kappa shape index (κ3) is 2.65. The van der Waals surface area contributed by atoms with Gasteiger partial charge in [-0.1, -0.05) is 0 Å². The Morgan fingerprint density at radius 1 is 1.22 bits per heavy atom. The average molecular weight is 318 g/mol. The number of carbonyl (C=O) groups excluding carboxylic acids is 2. The van der Waals surface area contributed by atoms with Crippen LogP contribution in [0.1, 0.15) is 36.0 Å². The first-order chi connectivity index (χ1) is 11.2. The molecule has 3 saturated heterocycles. The van der Waals surface area contributed by atoms with E-state index in [0.29, 0.717) is 17.9 Å². The Hall–Kier alpha value is -1.82. The van der Waals surface area contributed by atoms with Gasteiger partial charge in [0, 0.05) is 32.7 Å². The Kier molecular flexibility index (Phi) is 3.85. The van der Waals surface area contributed by atoms with Crippen molar-refractivity contribution < 1.29 is 18.7 Å². The van der Waals surface area contributed by atoms with Gasteiger partial charge in [0.05, 0.1) is 23.9 Å². The largest absolute Gasteiger partial charge is 0.472 e. The van der Waals surface area contributed by atoms with E-state index in [1.54, 1.807) is 6.07 Å². The molecule has 2 atom stereocenters. The van der Waals surface area contributed by atoms with Gasteiger partial charge in [0.1, 0.15) is 6.26 Å². The zero-order valence-electron chi connectivity index (χ0n) is 13.1. The van der Waals surface area contributed by atoms with Crippen LogP contribution < -0.4 is 0 Å². The molecule has 0 unspecified atom stereocenters. The van der Waals surface area contributed by atoms with E-state index in [1.807, 2.05) is 9.80 Å². The fourth-order valence-corrected chi connectivity index (χ4v) is 4.18. The molecule has 0 spiro atoms. The summed E-state index contributed by atoms with van der Waals surface area (Å²) in [4.78, 5) is 28.9. The number of likely N-dealkylation sites (tertiary alicyclic amines) is 2. The third-order valence-corrected chi connectivity index (χ3v) is 5.44. The van der Waals surface area contributed by atoms with Gasteiger partial charge >= 0.3 is 0 Å². The van der Waals surface area contributed by atoms with E-state index >= 15 is 0 Å². The fraction of sp³-hybridized carbons (Fsp3) is 0.647. The molecule has 124 valence electrons. The molecule has 0 N–H and O–H groups in total. The van der Waals surface area contributed by atoms with Gasteiger partial charge in [-0.3, -0.25) is 9.59 Å². The molecular weight excluding hydrogens is 296 g/mol. The molecule has 3 aliphatic rings. The SMILES string of the molecule is O=C(c1ccoc1)N1CC[C@H]2[C@H]1CC(=O)N2CC1CCOCC1. The summed E-state index contributed by atoms with van der Waals surface area (Å²) in [6.07, 6.45) is 6.38. The van der Waals surface area contributed by atoms with Crippen molar-refractivity contribution in [2.45, 2.75) is 37.8 Å². The maximum Gasteiger partial charge on any atom is 0.257 e. The minimum Gasteiger partial charge on any atom is -0.472 e. The van der Waals surface area contributed by atoms with Gasteiger partial charge in [-0.05, 0) is 31.2 Å². The second-order valence-corrected chi connectivity index (χ2v) is 6.74. The first-order valence-electron chi connectivity index (χ1n) is 8.44. The van der Waals surface area contributed by atoms with Gasteiger partial charge < -0.3 is 19.0 Å². The molecule has 4 rings (SSSR count). The summed E-state index contributed by atoms with van der Waals surface area (Å²) in [5, 5.41) is 0. The quantitative estimate of drug-likeness (QED) is 0.848. The molecule has 23 heavy (non-hydrogen) atoms. The summed E-state index contributed by atoms with van der Waals surface area (Å²) in [5.41, 5.74) is 0.570.